The van der Waals surface area contributed by atoms with Gasteiger partial charge in [0.2, 0.25) is 0 Å². The van der Waals surface area contributed by atoms with Crippen LogP contribution in [0.15, 0.2) is 11.6 Å². The zero-order valence-corrected chi connectivity index (χ0v) is 7.32. The summed E-state index contributed by atoms with van der Waals surface area (Å²) in [6.45, 7) is 8.26. The molecule has 0 amide bonds. The summed E-state index contributed by atoms with van der Waals surface area (Å²) < 4.78 is 0. The van der Waals surface area contributed by atoms with Crippen molar-refractivity contribution in [2.45, 2.75) is 46.0 Å². The Morgan fingerprint density at radius 1 is 1.40 bits per heavy atom. The number of allylic oxidation sites excluding steroid dienone is 2. The van der Waals surface area contributed by atoms with Gasteiger partial charge in [0.15, 0.2) is 0 Å². The van der Waals surface area contributed by atoms with Crippen LogP contribution < -0.4 is 0 Å². The molecule has 0 aliphatic heterocycles. The minimum absolute atomic E-state index is 0.951. The van der Waals surface area contributed by atoms with Crippen LogP contribution in [0.2, 0.25) is 0 Å². The predicted octanol–water partition coefficient (Wildman–Crippen LogP) is 3.74. The van der Waals surface area contributed by atoms with Crippen LogP contribution in [0.5, 0.6) is 0 Å². The highest BCUT2D eigenvalue weighted by Gasteiger charge is 1.90. The zero-order valence-electron chi connectivity index (χ0n) is 7.32. The summed E-state index contributed by atoms with van der Waals surface area (Å²) in [6.07, 6.45) is 8.33. The fourth-order valence-corrected chi connectivity index (χ4v) is 1.03. The third kappa shape index (κ3) is 4.60. The van der Waals surface area contributed by atoms with E-state index >= 15 is 0 Å². The van der Waals surface area contributed by atoms with Gasteiger partial charge in [-0.25, -0.2) is 0 Å². The number of unbranched alkanes of at least 4 members (excludes halogenated alkanes) is 1. The Balaban J connectivity index is 3.49. The van der Waals surface area contributed by atoms with Gasteiger partial charge in [-0.2, -0.15) is 0 Å². The van der Waals surface area contributed by atoms with E-state index < -0.39 is 0 Å². The van der Waals surface area contributed by atoms with Gasteiger partial charge in [-0.05, 0) is 32.6 Å². The highest BCUT2D eigenvalue weighted by Crippen LogP contribution is 2.11. The van der Waals surface area contributed by atoms with E-state index in [1.165, 1.54) is 25.7 Å². The van der Waals surface area contributed by atoms with Gasteiger partial charge >= 0.3 is 0 Å². The molecule has 0 spiro atoms. The topological polar surface area (TPSA) is 0 Å². The van der Waals surface area contributed by atoms with Crippen molar-refractivity contribution in [3.8, 4) is 0 Å². The zero-order chi connectivity index (χ0) is 7.82. The average Bonchev–Trinajstić information content (AvgIpc) is 1.98. The summed E-state index contributed by atoms with van der Waals surface area (Å²) in [7, 11) is 0. The number of hydrogen-bond donors (Lipinski definition) is 0. The van der Waals surface area contributed by atoms with Gasteiger partial charge in [-0.15, -0.1) is 0 Å². The molecule has 0 aliphatic rings. The van der Waals surface area contributed by atoms with Crippen molar-refractivity contribution >= 4 is 0 Å². The fraction of sp³-hybridized carbons (Fsp3) is 0.700. The molecule has 0 nitrogen and oxygen atoms in total. The lowest BCUT2D eigenvalue weighted by Gasteiger charge is -2.01. The lowest BCUT2D eigenvalue weighted by molar-refractivity contribution is 0.763. The summed E-state index contributed by atoms with van der Waals surface area (Å²) >= 11 is 0. The first-order valence-electron chi connectivity index (χ1n) is 4.32. The molecule has 0 saturated carbocycles. The molecule has 0 rings (SSSR count). The molecule has 10 heavy (non-hydrogen) atoms. The van der Waals surface area contributed by atoms with Crippen LogP contribution in [0.25, 0.3) is 0 Å². The molecule has 0 N–H and O–H groups in total. The summed E-state index contributed by atoms with van der Waals surface area (Å²) in [5.74, 6) is 0. The molecule has 0 fully saturated rings. The van der Waals surface area contributed by atoms with E-state index in [4.69, 9.17) is 0 Å². The van der Waals surface area contributed by atoms with Crippen molar-refractivity contribution in [1.29, 1.82) is 0 Å². The number of rotatable bonds is 5. The van der Waals surface area contributed by atoms with Crippen LogP contribution in [-0.2, 0) is 0 Å². The fourth-order valence-electron chi connectivity index (χ4n) is 1.03. The van der Waals surface area contributed by atoms with Crippen LogP contribution in [0.1, 0.15) is 46.0 Å². The molecule has 0 aromatic rings. The second-order valence-electron chi connectivity index (χ2n) is 2.61. The Bertz CT molecular complexity index is 90.2. The maximum absolute atomic E-state index is 3.81. The molecule has 0 heteroatoms. The van der Waals surface area contributed by atoms with Crippen molar-refractivity contribution in [2.24, 2.45) is 0 Å². The Labute approximate surface area is 65.3 Å². The average molecular weight is 139 g/mol. The molecule has 0 aliphatic carbocycles. The largest absolute Gasteiger partial charge is 0.0853 e. The summed E-state index contributed by atoms with van der Waals surface area (Å²) in [4.78, 5) is 0. The van der Waals surface area contributed by atoms with Gasteiger partial charge in [-0.1, -0.05) is 31.9 Å². The molecule has 0 bridgehead atoms. The molecular formula is C10H19. The van der Waals surface area contributed by atoms with Crippen LogP contribution in [0.3, 0.4) is 0 Å². The maximum Gasteiger partial charge on any atom is -0.0321 e. The van der Waals surface area contributed by atoms with E-state index in [9.17, 15) is 0 Å². The van der Waals surface area contributed by atoms with E-state index in [1.54, 1.807) is 5.57 Å². The first-order chi connectivity index (χ1) is 4.85. The lowest BCUT2D eigenvalue weighted by Crippen LogP contribution is -1.80. The Morgan fingerprint density at radius 2 is 2.10 bits per heavy atom. The summed E-state index contributed by atoms with van der Waals surface area (Å²) in [6, 6.07) is 0. The highest BCUT2D eigenvalue weighted by molar-refractivity contribution is 5.01. The molecule has 0 unspecified atom stereocenters. The minimum atomic E-state index is 0.951. The van der Waals surface area contributed by atoms with E-state index in [1.807, 2.05) is 0 Å². The van der Waals surface area contributed by atoms with Gasteiger partial charge in [0, 0.05) is 0 Å². The van der Waals surface area contributed by atoms with Crippen LogP contribution in [0.4, 0.5) is 0 Å². The molecule has 1 radical (unpaired) electrons. The molecule has 0 aromatic heterocycles. The van der Waals surface area contributed by atoms with Crippen molar-refractivity contribution in [3.05, 3.63) is 18.6 Å². The highest BCUT2D eigenvalue weighted by atomic mass is 14.0. The van der Waals surface area contributed by atoms with E-state index in [0.717, 1.165) is 6.42 Å². The van der Waals surface area contributed by atoms with Gasteiger partial charge in [0.25, 0.3) is 0 Å². The van der Waals surface area contributed by atoms with Crippen molar-refractivity contribution < 1.29 is 0 Å². The van der Waals surface area contributed by atoms with Gasteiger partial charge < -0.3 is 0 Å². The Hall–Kier alpha value is -0.260. The van der Waals surface area contributed by atoms with Crippen LogP contribution in [0, 0.1) is 6.92 Å². The molecule has 0 aromatic carbocycles. The summed E-state index contributed by atoms with van der Waals surface area (Å²) in [5.41, 5.74) is 1.58. The van der Waals surface area contributed by atoms with Gasteiger partial charge in [-0.3, -0.25) is 0 Å². The van der Waals surface area contributed by atoms with E-state index in [2.05, 4.69) is 26.8 Å². The molecular weight excluding hydrogens is 120 g/mol. The lowest BCUT2D eigenvalue weighted by atomic mass is 10.1. The third-order valence-corrected chi connectivity index (χ3v) is 1.74. The first kappa shape index (κ1) is 9.74. The van der Waals surface area contributed by atoms with E-state index in [0.29, 0.717) is 0 Å². The molecule has 0 heterocycles. The predicted molar refractivity (Wildman–Crippen MR) is 47.9 cm³/mol. The second-order valence-corrected chi connectivity index (χ2v) is 2.61. The summed E-state index contributed by atoms with van der Waals surface area (Å²) in [5, 5.41) is 0. The smallest absolute Gasteiger partial charge is 0.0321 e. The van der Waals surface area contributed by atoms with Crippen LogP contribution in [-0.4, -0.2) is 0 Å². The number of hydrogen-bond acceptors (Lipinski definition) is 0. The standard InChI is InChI=1S/C10H19/c1-4-7-9-10(6-3)8-5-2/h8H,2,4-7,9H2,1,3H3. The van der Waals surface area contributed by atoms with Gasteiger partial charge in [0.1, 0.15) is 0 Å². The normalized spacial score (nSPS) is 12.1. The van der Waals surface area contributed by atoms with Crippen LogP contribution >= 0.6 is 0 Å². The van der Waals surface area contributed by atoms with Crippen molar-refractivity contribution in [1.82, 2.24) is 0 Å². The second kappa shape index (κ2) is 6.85. The first-order valence-corrected chi connectivity index (χ1v) is 4.32. The Kier molecular flexibility index (Phi) is 6.68. The third-order valence-electron chi connectivity index (χ3n) is 1.74. The van der Waals surface area contributed by atoms with E-state index in [-0.39, 0.29) is 0 Å². The van der Waals surface area contributed by atoms with Crippen molar-refractivity contribution in [3.63, 3.8) is 0 Å². The molecule has 0 saturated heterocycles. The quantitative estimate of drug-likeness (QED) is 0.509. The van der Waals surface area contributed by atoms with Crippen molar-refractivity contribution in [2.75, 3.05) is 0 Å². The minimum Gasteiger partial charge on any atom is -0.0853 e. The molecule has 0 atom stereocenters. The van der Waals surface area contributed by atoms with Gasteiger partial charge in [0.05, 0.1) is 0 Å². The molecule has 59 valence electrons. The maximum atomic E-state index is 3.81. The Morgan fingerprint density at radius 3 is 2.50 bits per heavy atom. The SMILES string of the molecule is [CH2]CC=C(CC)CCCC. The monoisotopic (exact) mass is 139 g/mol.